The summed E-state index contributed by atoms with van der Waals surface area (Å²) >= 11 is 0. The Bertz CT molecular complexity index is 579. The van der Waals surface area contributed by atoms with E-state index in [1.54, 1.807) is 0 Å². The highest BCUT2D eigenvalue weighted by molar-refractivity contribution is 5.53. The number of phenolic OH excluding ortho intramolecular Hbond substituents is 1. The van der Waals surface area contributed by atoms with Crippen LogP contribution < -0.4 is 4.74 Å². The van der Waals surface area contributed by atoms with Gasteiger partial charge in [-0.25, -0.2) is 0 Å². The second kappa shape index (κ2) is 5.70. The van der Waals surface area contributed by atoms with Gasteiger partial charge in [0.15, 0.2) is 0 Å². The molecule has 130 valence electrons. The summed E-state index contributed by atoms with van der Waals surface area (Å²) in [7, 11) is 0. The third-order valence-corrected chi connectivity index (χ3v) is 4.63. The molecule has 1 aromatic rings. The van der Waals surface area contributed by atoms with Crippen molar-refractivity contribution in [2.24, 2.45) is 5.41 Å². The molecular formula is C20H32O3. The third kappa shape index (κ3) is 3.50. The van der Waals surface area contributed by atoms with E-state index in [1.807, 2.05) is 19.1 Å². The Morgan fingerprint density at radius 3 is 2.30 bits per heavy atom. The number of phenols is 1. The van der Waals surface area contributed by atoms with Crippen molar-refractivity contribution in [1.82, 2.24) is 0 Å². The summed E-state index contributed by atoms with van der Waals surface area (Å²) < 4.78 is 11.8. The molecule has 1 heterocycles. The highest BCUT2D eigenvalue weighted by Gasteiger charge is 2.44. The van der Waals surface area contributed by atoms with Crippen LogP contribution in [0.3, 0.4) is 0 Å². The smallest absolute Gasteiger partial charge is 0.209 e. The van der Waals surface area contributed by atoms with Crippen LogP contribution in [0.2, 0.25) is 0 Å². The van der Waals surface area contributed by atoms with Crippen LogP contribution in [0.1, 0.15) is 72.9 Å². The molecule has 2 rings (SSSR count). The Hall–Kier alpha value is -1.22. The van der Waals surface area contributed by atoms with Crippen molar-refractivity contribution in [2.75, 3.05) is 6.61 Å². The quantitative estimate of drug-likeness (QED) is 0.835. The summed E-state index contributed by atoms with van der Waals surface area (Å²) in [4.78, 5) is 0. The van der Waals surface area contributed by atoms with Crippen LogP contribution in [0.4, 0.5) is 0 Å². The second-order valence-corrected chi connectivity index (χ2v) is 9.11. The SMILES string of the molecule is CCOC1Oc2cc(C(C)(C)CC(C)(C)C)c(O)cc2C1(C)C. The summed E-state index contributed by atoms with van der Waals surface area (Å²) in [5.74, 6) is 1.19. The van der Waals surface area contributed by atoms with Crippen LogP contribution in [0.5, 0.6) is 11.5 Å². The minimum absolute atomic E-state index is 0.130. The Labute approximate surface area is 141 Å². The monoisotopic (exact) mass is 320 g/mol. The number of hydrogen-bond donors (Lipinski definition) is 1. The van der Waals surface area contributed by atoms with E-state index in [-0.39, 0.29) is 22.5 Å². The largest absolute Gasteiger partial charge is 0.508 e. The molecule has 23 heavy (non-hydrogen) atoms. The lowest BCUT2D eigenvalue weighted by Crippen LogP contribution is -2.34. The van der Waals surface area contributed by atoms with E-state index in [2.05, 4.69) is 48.5 Å². The molecular weight excluding hydrogens is 288 g/mol. The van der Waals surface area contributed by atoms with Crippen molar-refractivity contribution < 1.29 is 14.6 Å². The zero-order chi connectivity index (χ0) is 17.6. The maximum Gasteiger partial charge on any atom is 0.209 e. The molecule has 3 heteroatoms. The molecule has 0 saturated heterocycles. The predicted molar refractivity (Wildman–Crippen MR) is 94.3 cm³/mol. The number of benzene rings is 1. The molecule has 0 aliphatic carbocycles. The van der Waals surface area contributed by atoms with Crippen molar-refractivity contribution in [3.63, 3.8) is 0 Å². The molecule has 0 bridgehead atoms. The molecule has 1 aliphatic rings. The number of hydrogen-bond acceptors (Lipinski definition) is 3. The first kappa shape index (κ1) is 18.1. The molecule has 1 N–H and O–H groups in total. The molecule has 1 atom stereocenters. The van der Waals surface area contributed by atoms with E-state index >= 15 is 0 Å². The van der Waals surface area contributed by atoms with Gasteiger partial charge in [0.05, 0.1) is 5.41 Å². The lowest BCUT2D eigenvalue weighted by molar-refractivity contribution is -0.0982. The standard InChI is InChI=1S/C20H32O3/c1-9-22-17-20(7,8)14-10-15(21)13(11-16(14)23-17)19(5,6)12-18(2,3)4/h10-11,17,21H,9,12H2,1-8H3. The summed E-state index contributed by atoms with van der Waals surface area (Å²) in [5.41, 5.74) is 1.75. The highest BCUT2D eigenvalue weighted by atomic mass is 16.7. The van der Waals surface area contributed by atoms with Crippen LogP contribution in [0, 0.1) is 5.41 Å². The molecule has 0 spiro atoms. The number of fused-ring (bicyclic) bond motifs is 1. The van der Waals surface area contributed by atoms with Crippen LogP contribution in [-0.2, 0) is 15.6 Å². The Kier molecular flexibility index (Phi) is 4.49. The van der Waals surface area contributed by atoms with Gasteiger partial charge in [-0.15, -0.1) is 0 Å². The van der Waals surface area contributed by atoms with Gasteiger partial charge < -0.3 is 14.6 Å². The van der Waals surface area contributed by atoms with E-state index in [0.29, 0.717) is 12.4 Å². The second-order valence-electron chi connectivity index (χ2n) is 9.11. The number of aromatic hydroxyl groups is 1. The Balaban J connectivity index is 2.44. The summed E-state index contributed by atoms with van der Waals surface area (Å²) in [6, 6.07) is 3.88. The van der Waals surface area contributed by atoms with Crippen molar-refractivity contribution in [1.29, 1.82) is 0 Å². The van der Waals surface area contributed by atoms with Gasteiger partial charge in [-0.2, -0.15) is 0 Å². The first-order valence-electron chi connectivity index (χ1n) is 8.55. The van der Waals surface area contributed by atoms with Gasteiger partial charge in [-0.1, -0.05) is 34.6 Å². The van der Waals surface area contributed by atoms with Gasteiger partial charge in [-0.3, -0.25) is 0 Å². The topological polar surface area (TPSA) is 38.7 Å². The summed E-state index contributed by atoms with van der Waals surface area (Å²) in [6.07, 6.45) is 0.674. The van der Waals surface area contributed by atoms with E-state index < -0.39 is 0 Å². The zero-order valence-corrected chi connectivity index (χ0v) is 15.9. The van der Waals surface area contributed by atoms with Gasteiger partial charge in [0.25, 0.3) is 0 Å². The average molecular weight is 320 g/mol. The van der Waals surface area contributed by atoms with Gasteiger partial charge >= 0.3 is 0 Å². The molecule has 1 aromatic carbocycles. The van der Waals surface area contributed by atoms with Gasteiger partial charge in [0, 0.05) is 17.7 Å². The van der Waals surface area contributed by atoms with E-state index in [0.717, 1.165) is 23.3 Å². The average Bonchev–Trinajstić information content (AvgIpc) is 2.58. The minimum Gasteiger partial charge on any atom is -0.508 e. The van der Waals surface area contributed by atoms with Crippen molar-refractivity contribution >= 4 is 0 Å². The molecule has 3 nitrogen and oxygen atoms in total. The number of ether oxygens (including phenoxy) is 2. The molecule has 0 fully saturated rings. The zero-order valence-electron chi connectivity index (χ0n) is 15.9. The van der Waals surface area contributed by atoms with Crippen molar-refractivity contribution in [3.05, 3.63) is 23.3 Å². The number of rotatable bonds is 4. The van der Waals surface area contributed by atoms with Gasteiger partial charge in [0.1, 0.15) is 11.5 Å². The molecule has 0 radical (unpaired) electrons. The van der Waals surface area contributed by atoms with Gasteiger partial charge in [0.2, 0.25) is 6.29 Å². The molecule has 0 amide bonds. The van der Waals surface area contributed by atoms with E-state index in [1.165, 1.54) is 0 Å². The highest BCUT2D eigenvalue weighted by Crippen LogP contribution is 2.49. The van der Waals surface area contributed by atoms with Crippen LogP contribution in [0.15, 0.2) is 12.1 Å². The molecule has 1 aliphatic heterocycles. The van der Waals surface area contributed by atoms with Crippen LogP contribution in [-0.4, -0.2) is 18.0 Å². The Morgan fingerprint density at radius 1 is 1.17 bits per heavy atom. The fourth-order valence-electron chi connectivity index (χ4n) is 3.92. The fourth-order valence-corrected chi connectivity index (χ4v) is 3.92. The lowest BCUT2D eigenvalue weighted by atomic mass is 9.71. The van der Waals surface area contributed by atoms with Crippen LogP contribution >= 0.6 is 0 Å². The fraction of sp³-hybridized carbons (Fsp3) is 0.700. The first-order valence-corrected chi connectivity index (χ1v) is 8.55. The van der Waals surface area contributed by atoms with E-state index in [4.69, 9.17) is 9.47 Å². The lowest BCUT2D eigenvalue weighted by Gasteiger charge is -2.33. The van der Waals surface area contributed by atoms with Gasteiger partial charge in [-0.05, 0) is 50.2 Å². The first-order chi connectivity index (χ1) is 10.4. The Morgan fingerprint density at radius 2 is 1.78 bits per heavy atom. The van der Waals surface area contributed by atoms with E-state index in [9.17, 15) is 5.11 Å². The molecule has 0 aromatic heterocycles. The maximum atomic E-state index is 10.7. The van der Waals surface area contributed by atoms with Crippen molar-refractivity contribution in [2.45, 2.75) is 78.9 Å². The maximum absolute atomic E-state index is 10.7. The van der Waals surface area contributed by atoms with Crippen LogP contribution in [0.25, 0.3) is 0 Å². The normalized spacial score (nSPS) is 20.3. The summed E-state index contributed by atoms with van der Waals surface area (Å²) in [5, 5.41) is 10.7. The third-order valence-electron chi connectivity index (χ3n) is 4.63. The predicted octanol–water partition coefficient (Wildman–Crippen LogP) is 5.14. The minimum atomic E-state index is -0.303. The molecule has 0 saturated carbocycles. The van der Waals surface area contributed by atoms with Crippen molar-refractivity contribution in [3.8, 4) is 11.5 Å². The summed E-state index contributed by atoms with van der Waals surface area (Å²) in [6.45, 7) is 17.8. The molecule has 1 unspecified atom stereocenters.